The van der Waals surface area contributed by atoms with Gasteiger partial charge < -0.3 is 10.2 Å². The van der Waals surface area contributed by atoms with Gasteiger partial charge in [0.25, 0.3) is 0 Å². The van der Waals surface area contributed by atoms with Crippen LogP contribution in [0.5, 0.6) is 0 Å². The first-order valence-corrected chi connectivity index (χ1v) is 9.35. The summed E-state index contributed by atoms with van der Waals surface area (Å²) in [7, 11) is 0. The van der Waals surface area contributed by atoms with Crippen LogP contribution < -0.4 is 5.32 Å². The summed E-state index contributed by atoms with van der Waals surface area (Å²) in [5, 5.41) is 5.54. The fourth-order valence-corrected chi connectivity index (χ4v) is 4.00. The van der Waals surface area contributed by atoms with Gasteiger partial charge in [-0.15, -0.1) is 11.3 Å². The topological polar surface area (TPSA) is 35.6 Å². The first-order valence-electron chi connectivity index (χ1n) is 8.47. The van der Waals surface area contributed by atoms with Gasteiger partial charge in [0.1, 0.15) is 6.04 Å². The lowest BCUT2D eigenvalue weighted by atomic mass is 10.1. The lowest BCUT2D eigenvalue weighted by Gasteiger charge is -2.38. The van der Waals surface area contributed by atoms with Crippen molar-refractivity contribution in [2.75, 3.05) is 32.7 Å². The number of hydrogen-bond acceptors (Lipinski definition) is 4. The highest BCUT2D eigenvalue weighted by Crippen LogP contribution is 2.28. The van der Waals surface area contributed by atoms with Crippen molar-refractivity contribution in [1.82, 2.24) is 15.1 Å². The van der Waals surface area contributed by atoms with Gasteiger partial charge in [0.2, 0.25) is 5.91 Å². The van der Waals surface area contributed by atoms with Gasteiger partial charge in [-0.05, 0) is 31.2 Å². The average molecular weight is 324 g/mol. The second kappa shape index (κ2) is 8.65. The van der Waals surface area contributed by atoms with Gasteiger partial charge in [0, 0.05) is 43.6 Å². The summed E-state index contributed by atoms with van der Waals surface area (Å²) in [6, 6.07) is 4.49. The molecular weight excluding hydrogens is 294 g/mol. The summed E-state index contributed by atoms with van der Waals surface area (Å²) in [6.07, 6.45) is 2.03. The number of nitrogens with zero attached hydrogens (tertiary/aromatic N) is 2. The number of carbonyl (C=O) groups excluding carboxylic acids is 1. The van der Waals surface area contributed by atoms with E-state index >= 15 is 0 Å². The predicted molar refractivity (Wildman–Crippen MR) is 93.3 cm³/mol. The highest BCUT2D eigenvalue weighted by molar-refractivity contribution is 7.10. The quantitative estimate of drug-likeness (QED) is 0.838. The van der Waals surface area contributed by atoms with E-state index in [1.807, 2.05) is 0 Å². The smallest absolute Gasteiger partial charge is 0.245 e. The number of piperazine rings is 1. The Morgan fingerprint density at radius 1 is 1.45 bits per heavy atom. The summed E-state index contributed by atoms with van der Waals surface area (Å²) >= 11 is 1.70. The molecule has 1 saturated heterocycles. The van der Waals surface area contributed by atoms with Crippen LogP contribution >= 0.6 is 11.3 Å². The Labute approximate surface area is 138 Å². The second-order valence-corrected chi connectivity index (χ2v) is 7.07. The number of rotatable bonds is 7. The monoisotopic (exact) mass is 323 g/mol. The zero-order chi connectivity index (χ0) is 15.9. The number of carbonyl (C=O) groups is 1. The number of nitrogens with one attached hydrogen (secondary N) is 1. The predicted octanol–water partition coefficient (Wildman–Crippen LogP) is 2.73. The van der Waals surface area contributed by atoms with E-state index in [1.54, 1.807) is 11.3 Å². The molecule has 0 radical (unpaired) electrons. The highest BCUT2D eigenvalue weighted by Gasteiger charge is 2.33. The molecule has 1 amide bonds. The van der Waals surface area contributed by atoms with E-state index < -0.39 is 0 Å². The minimum Gasteiger partial charge on any atom is -0.341 e. The van der Waals surface area contributed by atoms with Crippen LogP contribution in [0.15, 0.2) is 17.5 Å². The van der Waals surface area contributed by atoms with Gasteiger partial charge in [-0.25, -0.2) is 0 Å². The second-order valence-electron chi connectivity index (χ2n) is 6.09. The fraction of sp³-hybridized carbons (Fsp3) is 0.706. The van der Waals surface area contributed by atoms with Gasteiger partial charge in [-0.2, -0.15) is 0 Å². The summed E-state index contributed by atoms with van der Waals surface area (Å²) in [4.78, 5) is 18.8. The maximum atomic E-state index is 13.2. The van der Waals surface area contributed by atoms with E-state index in [1.165, 1.54) is 4.88 Å². The van der Waals surface area contributed by atoms with E-state index in [-0.39, 0.29) is 11.9 Å². The van der Waals surface area contributed by atoms with E-state index in [0.717, 1.165) is 45.6 Å². The van der Waals surface area contributed by atoms with Crippen molar-refractivity contribution < 1.29 is 4.79 Å². The minimum atomic E-state index is -0.109. The Morgan fingerprint density at radius 2 is 2.18 bits per heavy atom. The van der Waals surface area contributed by atoms with Crippen LogP contribution in [0.2, 0.25) is 0 Å². The van der Waals surface area contributed by atoms with Gasteiger partial charge in [0.05, 0.1) is 0 Å². The molecule has 0 spiro atoms. The van der Waals surface area contributed by atoms with Crippen molar-refractivity contribution in [3.05, 3.63) is 22.4 Å². The third kappa shape index (κ3) is 4.31. The van der Waals surface area contributed by atoms with Crippen LogP contribution in [-0.2, 0) is 4.79 Å². The molecule has 2 unspecified atom stereocenters. The minimum absolute atomic E-state index is 0.109. The number of amides is 1. The molecule has 1 aromatic heterocycles. The van der Waals surface area contributed by atoms with Crippen LogP contribution in [0.25, 0.3) is 0 Å². The van der Waals surface area contributed by atoms with Crippen LogP contribution in [0.1, 0.15) is 44.5 Å². The molecule has 0 saturated carbocycles. The van der Waals surface area contributed by atoms with Crippen molar-refractivity contribution in [2.45, 2.75) is 45.7 Å². The Morgan fingerprint density at radius 3 is 2.73 bits per heavy atom. The van der Waals surface area contributed by atoms with Gasteiger partial charge in [0.15, 0.2) is 0 Å². The molecule has 2 atom stereocenters. The van der Waals surface area contributed by atoms with E-state index in [9.17, 15) is 4.79 Å². The van der Waals surface area contributed by atoms with Crippen LogP contribution in [0.3, 0.4) is 0 Å². The average Bonchev–Trinajstić information content (AvgIpc) is 3.01. The van der Waals surface area contributed by atoms with Crippen molar-refractivity contribution in [2.24, 2.45) is 0 Å². The molecule has 4 nitrogen and oxygen atoms in total. The third-order valence-electron chi connectivity index (χ3n) is 4.11. The Hall–Kier alpha value is -0.910. The summed E-state index contributed by atoms with van der Waals surface area (Å²) in [5.41, 5.74) is 0. The van der Waals surface area contributed by atoms with Crippen LogP contribution in [0.4, 0.5) is 0 Å². The van der Waals surface area contributed by atoms with Gasteiger partial charge >= 0.3 is 0 Å². The largest absolute Gasteiger partial charge is 0.341 e. The zero-order valence-electron chi connectivity index (χ0n) is 14.0. The molecule has 2 rings (SSSR count). The molecule has 5 heteroatoms. The first-order chi connectivity index (χ1) is 10.7. The lowest BCUT2D eigenvalue weighted by molar-refractivity contribution is -0.137. The highest BCUT2D eigenvalue weighted by atomic mass is 32.1. The Kier molecular flexibility index (Phi) is 6.86. The van der Waals surface area contributed by atoms with Crippen molar-refractivity contribution in [1.29, 1.82) is 0 Å². The van der Waals surface area contributed by atoms with Crippen molar-refractivity contribution in [3.63, 3.8) is 0 Å². The normalized spacial score (nSPS) is 20.8. The zero-order valence-corrected chi connectivity index (χ0v) is 14.9. The molecule has 0 aliphatic carbocycles. The van der Waals surface area contributed by atoms with E-state index in [2.05, 4.69) is 53.4 Å². The molecule has 1 aromatic rings. The molecule has 0 aromatic carbocycles. The SMILES string of the molecule is CCCN(CCC)C(=O)C(c1cccs1)N1CCNC(C)C1. The molecule has 1 aliphatic heterocycles. The standard InChI is InChI=1S/C17H29N3OS/c1-4-9-19(10-5-2)17(21)16(15-7-6-12-22-15)20-11-8-18-14(3)13-20/h6-7,12,14,16,18H,4-5,8-11,13H2,1-3H3. The first kappa shape index (κ1) is 17.4. The molecule has 0 bridgehead atoms. The molecule has 124 valence electrons. The maximum Gasteiger partial charge on any atom is 0.245 e. The third-order valence-corrected chi connectivity index (χ3v) is 5.04. The van der Waals surface area contributed by atoms with Gasteiger partial charge in [-0.1, -0.05) is 19.9 Å². The Balaban J connectivity index is 2.21. The summed E-state index contributed by atoms with van der Waals surface area (Å²) in [5.74, 6) is 0.278. The molecule has 22 heavy (non-hydrogen) atoms. The molecule has 1 aliphatic rings. The maximum absolute atomic E-state index is 13.2. The summed E-state index contributed by atoms with van der Waals surface area (Å²) < 4.78 is 0. The van der Waals surface area contributed by atoms with Crippen LogP contribution in [0, 0.1) is 0 Å². The van der Waals surface area contributed by atoms with Crippen molar-refractivity contribution >= 4 is 17.2 Å². The van der Waals surface area contributed by atoms with Crippen LogP contribution in [-0.4, -0.2) is 54.5 Å². The number of hydrogen-bond donors (Lipinski definition) is 1. The van der Waals surface area contributed by atoms with E-state index in [0.29, 0.717) is 6.04 Å². The molecule has 2 heterocycles. The lowest BCUT2D eigenvalue weighted by Crippen LogP contribution is -2.53. The van der Waals surface area contributed by atoms with Gasteiger partial charge in [-0.3, -0.25) is 9.69 Å². The number of thiophene rings is 1. The molecule has 1 N–H and O–H groups in total. The van der Waals surface area contributed by atoms with E-state index in [4.69, 9.17) is 0 Å². The molecular formula is C17H29N3OS. The van der Waals surface area contributed by atoms with Crippen molar-refractivity contribution in [3.8, 4) is 0 Å². The summed E-state index contributed by atoms with van der Waals surface area (Å²) in [6.45, 7) is 11.0. The fourth-order valence-electron chi connectivity index (χ4n) is 3.15. The Bertz CT molecular complexity index is 443. The molecule has 1 fully saturated rings.